The van der Waals surface area contributed by atoms with E-state index >= 15 is 0 Å². The first-order valence-corrected chi connectivity index (χ1v) is 12.7. The van der Waals surface area contributed by atoms with Gasteiger partial charge in [0.25, 0.3) is 0 Å². The van der Waals surface area contributed by atoms with Crippen molar-refractivity contribution >= 4 is 69.1 Å². The molecule has 0 spiro atoms. The van der Waals surface area contributed by atoms with Gasteiger partial charge in [-0.3, -0.25) is 0 Å². The summed E-state index contributed by atoms with van der Waals surface area (Å²) in [5.41, 5.74) is 4.09. The minimum Gasteiger partial charge on any atom is -0.227 e. The SMILES string of the molecule is Brc1ccc(-c2nc(-c3ccccc3)c3ccc4ccccc4c3n2)c2c1sc1ccccc12. The van der Waals surface area contributed by atoms with Crippen LogP contribution in [0.2, 0.25) is 0 Å². The monoisotopic (exact) mass is 516 g/mol. The van der Waals surface area contributed by atoms with Crippen molar-refractivity contribution in [3.8, 4) is 22.6 Å². The van der Waals surface area contributed by atoms with Crippen molar-refractivity contribution in [1.29, 1.82) is 0 Å². The molecule has 0 aliphatic heterocycles. The largest absolute Gasteiger partial charge is 0.227 e. The van der Waals surface area contributed by atoms with Gasteiger partial charge in [-0.1, -0.05) is 78.9 Å². The van der Waals surface area contributed by atoms with Gasteiger partial charge >= 0.3 is 0 Å². The molecule has 0 unspecified atom stereocenters. The molecule has 7 rings (SSSR count). The lowest BCUT2D eigenvalue weighted by molar-refractivity contribution is 1.24. The summed E-state index contributed by atoms with van der Waals surface area (Å²) >= 11 is 5.58. The van der Waals surface area contributed by atoms with Crippen molar-refractivity contribution in [3.63, 3.8) is 0 Å². The van der Waals surface area contributed by atoms with E-state index in [9.17, 15) is 0 Å². The van der Waals surface area contributed by atoms with Crippen LogP contribution in [0, 0.1) is 0 Å². The van der Waals surface area contributed by atoms with Crippen LogP contribution in [0.25, 0.3) is 64.5 Å². The molecule has 2 heterocycles. The lowest BCUT2D eigenvalue weighted by Crippen LogP contribution is -1.96. The standard InChI is InChI=1S/C30H17BrN2S/c31-24-17-16-22(26-21-12-6-7-13-25(21)34-29(24)26)30-32-27(19-9-2-1-3-10-19)23-15-14-18-8-4-5-11-20(18)28(23)33-30/h1-17H. The summed E-state index contributed by atoms with van der Waals surface area (Å²) in [6.45, 7) is 0. The number of halogens is 1. The second-order valence-electron chi connectivity index (χ2n) is 8.34. The third-order valence-electron chi connectivity index (χ3n) is 6.36. The highest BCUT2D eigenvalue weighted by Gasteiger charge is 2.18. The Morgan fingerprint density at radius 1 is 0.618 bits per heavy atom. The zero-order valence-corrected chi connectivity index (χ0v) is 20.4. The summed E-state index contributed by atoms with van der Waals surface area (Å²) < 4.78 is 3.59. The van der Waals surface area contributed by atoms with Gasteiger partial charge < -0.3 is 0 Å². The molecule has 5 aromatic carbocycles. The van der Waals surface area contributed by atoms with Crippen molar-refractivity contribution in [2.24, 2.45) is 0 Å². The quantitative estimate of drug-likeness (QED) is 0.214. The number of fused-ring (bicyclic) bond motifs is 6. The zero-order chi connectivity index (χ0) is 22.6. The van der Waals surface area contributed by atoms with Crippen LogP contribution in [-0.4, -0.2) is 9.97 Å². The van der Waals surface area contributed by atoms with Gasteiger partial charge in [0.15, 0.2) is 5.82 Å². The van der Waals surface area contributed by atoms with Gasteiger partial charge in [0.1, 0.15) is 0 Å². The predicted molar refractivity (Wildman–Crippen MR) is 149 cm³/mol. The molecule has 7 aromatic rings. The number of aromatic nitrogens is 2. The average molecular weight is 517 g/mol. The molecule has 0 bridgehead atoms. The van der Waals surface area contributed by atoms with E-state index in [1.807, 2.05) is 6.07 Å². The average Bonchev–Trinajstić information content (AvgIpc) is 3.29. The molecule has 0 atom stereocenters. The van der Waals surface area contributed by atoms with Crippen LogP contribution in [0.1, 0.15) is 0 Å². The van der Waals surface area contributed by atoms with Crippen LogP contribution in [0.3, 0.4) is 0 Å². The van der Waals surface area contributed by atoms with Gasteiger partial charge in [-0.2, -0.15) is 0 Å². The molecule has 0 amide bonds. The van der Waals surface area contributed by atoms with Crippen molar-refractivity contribution in [2.45, 2.75) is 0 Å². The van der Waals surface area contributed by atoms with E-state index in [2.05, 4.69) is 113 Å². The third kappa shape index (κ3) is 2.99. The highest BCUT2D eigenvalue weighted by atomic mass is 79.9. The Kier molecular flexibility index (Phi) is 4.51. The lowest BCUT2D eigenvalue weighted by atomic mass is 10.0. The maximum absolute atomic E-state index is 5.20. The molecule has 2 nitrogen and oxygen atoms in total. The maximum atomic E-state index is 5.20. The fraction of sp³-hybridized carbons (Fsp3) is 0. The maximum Gasteiger partial charge on any atom is 0.161 e. The molecule has 2 aromatic heterocycles. The predicted octanol–water partition coefficient (Wildman–Crippen LogP) is 9.25. The van der Waals surface area contributed by atoms with Crippen LogP contribution in [0.5, 0.6) is 0 Å². The van der Waals surface area contributed by atoms with E-state index in [1.165, 1.54) is 25.6 Å². The Labute approximate surface area is 208 Å². The van der Waals surface area contributed by atoms with Gasteiger partial charge in [0.2, 0.25) is 0 Å². The van der Waals surface area contributed by atoms with E-state index < -0.39 is 0 Å². The number of nitrogens with zero attached hydrogens (tertiary/aromatic N) is 2. The minimum atomic E-state index is 0.753. The fourth-order valence-corrected chi connectivity index (χ4v) is 6.49. The van der Waals surface area contributed by atoms with Crippen molar-refractivity contribution in [2.75, 3.05) is 0 Å². The summed E-state index contributed by atoms with van der Waals surface area (Å²) in [6, 6.07) is 36.0. The molecule has 4 heteroatoms. The molecule has 0 fully saturated rings. The van der Waals surface area contributed by atoms with E-state index in [4.69, 9.17) is 9.97 Å². The van der Waals surface area contributed by atoms with Crippen LogP contribution in [-0.2, 0) is 0 Å². The lowest BCUT2D eigenvalue weighted by Gasteiger charge is -2.12. The van der Waals surface area contributed by atoms with E-state index in [0.717, 1.165) is 43.4 Å². The minimum absolute atomic E-state index is 0.753. The van der Waals surface area contributed by atoms with Gasteiger partial charge in [-0.15, -0.1) is 11.3 Å². The summed E-state index contributed by atoms with van der Waals surface area (Å²) in [4.78, 5) is 10.4. The zero-order valence-electron chi connectivity index (χ0n) is 18.0. The molecule has 0 saturated carbocycles. The molecular weight excluding hydrogens is 500 g/mol. The highest BCUT2D eigenvalue weighted by molar-refractivity contribution is 9.10. The van der Waals surface area contributed by atoms with E-state index in [-0.39, 0.29) is 0 Å². The summed E-state index contributed by atoms with van der Waals surface area (Å²) in [6.07, 6.45) is 0. The number of thiophene rings is 1. The Morgan fingerprint density at radius 3 is 2.26 bits per heavy atom. The van der Waals surface area contributed by atoms with Crippen molar-refractivity contribution < 1.29 is 0 Å². The Hall–Kier alpha value is -3.60. The highest BCUT2D eigenvalue weighted by Crippen LogP contribution is 2.43. The van der Waals surface area contributed by atoms with Gasteiger partial charge in [-0.25, -0.2) is 9.97 Å². The molecule has 0 N–H and O–H groups in total. The number of rotatable bonds is 2. The molecule has 34 heavy (non-hydrogen) atoms. The molecule has 0 saturated heterocycles. The molecule has 0 radical (unpaired) electrons. The van der Waals surface area contributed by atoms with Crippen molar-refractivity contribution in [1.82, 2.24) is 9.97 Å². The van der Waals surface area contributed by atoms with Gasteiger partial charge in [0, 0.05) is 41.8 Å². The van der Waals surface area contributed by atoms with E-state index in [0.29, 0.717) is 0 Å². The smallest absolute Gasteiger partial charge is 0.161 e. The van der Waals surface area contributed by atoms with Gasteiger partial charge in [-0.05, 0) is 45.6 Å². The second-order valence-corrected chi connectivity index (χ2v) is 10.2. The normalized spacial score (nSPS) is 11.7. The molecular formula is C30H17BrN2S. The summed E-state index contributed by atoms with van der Waals surface area (Å²) in [5, 5.41) is 5.83. The summed E-state index contributed by atoms with van der Waals surface area (Å²) in [5.74, 6) is 0.753. The molecule has 0 aliphatic carbocycles. The summed E-state index contributed by atoms with van der Waals surface area (Å²) in [7, 11) is 0. The first-order chi connectivity index (χ1) is 16.8. The van der Waals surface area contributed by atoms with Crippen LogP contribution < -0.4 is 0 Å². The first-order valence-electron chi connectivity index (χ1n) is 11.1. The van der Waals surface area contributed by atoms with Crippen molar-refractivity contribution in [3.05, 3.63) is 108 Å². The fourth-order valence-electron chi connectivity index (χ4n) is 4.78. The third-order valence-corrected chi connectivity index (χ3v) is 8.48. The number of benzene rings is 5. The molecule has 0 aliphatic rings. The Balaban J connectivity index is 1.64. The number of hydrogen-bond donors (Lipinski definition) is 0. The van der Waals surface area contributed by atoms with E-state index in [1.54, 1.807) is 11.3 Å². The van der Waals surface area contributed by atoms with Gasteiger partial charge in [0.05, 0.1) is 15.9 Å². The Bertz CT molecular complexity index is 1870. The topological polar surface area (TPSA) is 25.8 Å². The number of hydrogen-bond acceptors (Lipinski definition) is 3. The van der Waals surface area contributed by atoms with Crippen LogP contribution in [0.15, 0.2) is 108 Å². The second kappa shape index (κ2) is 7.73. The molecule has 160 valence electrons. The first kappa shape index (κ1) is 19.8. The van der Waals surface area contributed by atoms with Crippen LogP contribution >= 0.6 is 27.3 Å². The Morgan fingerprint density at radius 2 is 1.38 bits per heavy atom. The van der Waals surface area contributed by atoms with Crippen LogP contribution in [0.4, 0.5) is 0 Å².